The molecule has 0 fully saturated rings. The van der Waals surface area contributed by atoms with E-state index in [0.29, 0.717) is 33.1 Å². The zero-order valence-electron chi connectivity index (χ0n) is 13.3. The molecule has 116 valence electrons. The van der Waals surface area contributed by atoms with Crippen molar-refractivity contribution in [2.75, 3.05) is 14.1 Å². The molecule has 0 spiro atoms. The van der Waals surface area contributed by atoms with Crippen LogP contribution in [0.3, 0.4) is 0 Å². The number of hydrogen-bond donors (Lipinski definition) is 0. The first-order valence-corrected chi connectivity index (χ1v) is 7.32. The maximum atomic E-state index is 12.7. The third-order valence-electron chi connectivity index (χ3n) is 3.65. The third kappa shape index (κ3) is 2.75. The predicted octanol–water partition coefficient (Wildman–Crippen LogP) is 3.44. The number of Topliss-reactive ketones (excluding diaryl/α,β-unsaturated/α-hetero) is 1. The molecule has 0 bridgehead atoms. The second-order valence-electron chi connectivity index (χ2n) is 5.70. The zero-order valence-corrected chi connectivity index (χ0v) is 13.3. The van der Waals surface area contributed by atoms with E-state index in [1.807, 2.05) is 31.1 Å². The molecular formula is C19H17NO3. The van der Waals surface area contributed by atoms with Gasteiger partial charge in [-0.2, -0.15) is 0 Å². The number of rotatable bonds is 3. The minimum absolute atomic E-state index is 0.0526. The van der Waals surface area contributed by atoms with Crippen LogP contribution in [0.25, 0.3) is 27.5 Å². The first-order chi connectivity index (χ1) is 11.0. The van der Waals surface area contributed by atoms with Crippen molar-refractivity contribution in [3.63, 3.8) is 0 Å². The minimum Gasteiger partial charge on any atom is -0.456 e. The number of ketones is 1. The topological polar surface area (TPSA) is 50.5 Å². The molecule has 0 aliphatic rings. The fourth-order valence-corrected chi connectivity index (χ4v) is 2.60. The van der Waals surface area contributed by atoms with Gasteiger partial charge in [0.2, 0.25) is 5.43 Å². The molecule has 0 atom stereocenters. The highest BCUT2D eigenvalue weighted by Gasteiger charge is 2.12. The van der Waals surface area contributed by atoms with Gasteiger partial charge in [0.05, 0.1) is 10.8 Å². The Labute approximate surface area is 133 Å². The number of carbonyl (C=O) groups is 1. The lowest BCUT2D eigenvalue weighted by molar-refractivity contribution is -0.111. The van der Waals surface area contributed by atoms with Crippen LogP contribution in [-0.2, 0) is 4.79 Å². The average molecular weight is 307 g/mol. The number of fused-ring (bicyclic) bond motifs is 2. The fraction of sp³-hybridized carbons (Fsp3) is 0.158. The Morgan fingerprint density at radius 2 is 1.74 bits per heavy atom. The third-order valence-corrected chi connectivity index (χ3v) is 3.65. The van der Waals surface area contributed by atoms with E-state index in [-0.39, 0.29) is 11.2 Å². The van der Waals surface area contributed by atoms with E-state index in [2.05, 4.69) is 0 Å². The Kier molecular flexibility index (Phi) is 3.74. The summed E-state index contributed by atoms with van der Waals surface area (Å²) in [5.41, 5.74) is 2.26. The average Bonchev–Trinajstić information content (AvgIpc) is 2.52. The smallest absolute Gasteiger partial charge is 0.200 e. The van der Waals surface area contributed by atoms with Gasteiger partial charge in [0.25, 0.3) is 0 Å². The predicted molar refractivity (Wildman–Crippen MR) is 92.3 cm³/mol. The maximum Gasteiger partial charge on any atom is 0.200 e. The Morgan fingerprint density at radius 1 is 1.04 bits per heavy atom. The van der Waals surface area contributed by atoms with Crippen molar-refractivity contribution in [1.29, 1.82) is 0 Å². The Morgan fingerprint density at radius 3 is 2.43 bits per heavy atom. The molecular weight excluding hydrogens is 290 g/mol. The van der Waals surface area contributed by atoms with Crippen LogP contribution in [0.4, 0.5) is 0 Å². The SMILES string of the molecule is CC(=O)/C(=C\N(C)C)c1ccc2oc3ccccc3c(=O)c2c1. The molecule has 1 heterocycles. The summed E-state index contributed by atoms with van der Waals surface area (Å²) in [6.07, 6.45) is 1.76. The van der Waals surface area contributed by atoms with Crippen LogP contribution in [0, 0.1) is 0 Å². The van der Waals surface area contributed by atoms with E-state index >= 15 is 0 Å². The molecule has 0 aliphatic heterocycles. The van der Waals surface area contributed by atoms with Gasteiger partial charge in [-0.1, -0.05) is 18.2 Å². The molecule has 1 aromatic heterocycles. The molecule has 0 amide bonds. The quantitative estimate of drug-likeness (QED) is 0.549. The lowest BCUT2D eigenvalue weighted by Crippen LogP contribution is -2.07. The standard InChI is InChI=1S/C19H17NO3/c1-12(21)16(11-20(2)3)13-8-9-18-15(10-13)19(22)14-6-4-5-7-17(14)23-18/h4-11H,1-3H3/b16-11+. The molecule has 0 N–H and O–H groups in total. The molecule has 0 saturated heterocycles. The lowest BCUT2D eigenvalue weighted by Gasteiger charge is -2.10. The molecule has 4 nitrogen and oxygen atoms in total. The first kappa shape index (κ1) is 15.0. The summed E-state index contributed by atoms with van der Waals surface area (Å²) in [5, 5.41) is 1.02. The van der Waals surface area contributed by atoms with Crippen LogP contribution >= 0.6 is 0 Å². The molecule has 0 radical (unpaired) electrons. The second-order valence-corrected chi connectivity index (χ2v) is 5.70. The van der Waals surface area contributed by atoms with Crippen molar-refractivity contribution in [2.24, 2.45) is 0 Å². The molecule has 0 aliphatic carbocycles. The zero-order chi connectivity index (χ0) is 16.6. The Hall–Kier alpha value is -2.88. The number of benzene rings is 2. The van der Waals surface area contributed by atoms with Gasteiger partial charge in [0.15, 0.2) is 5.78 Å². The highest BCUT2D eigenvalue weighted by molar-refractivity contribution is 6.20. The van der Waals surface area contributed by atoms with Gasteiger partial charge in [0, 0.05) is 25.9 Å². The fourth-order valence-electron chi connectivity index (χ4n) is 2.60. The number of para-hydroxylation sites is 1. The van der Waals surface area contributed by atoms with Crippen molar-refractivity contribution >= 4 is 33.3 Å². The van der Waals surface area contributed by atoms with E-state index < -0.39 is 0 Å². The van der Waals surface area contributed by atoms with Crippen LogP contribution in [-0.4, -0.2) is 24.8 Å². The van der Waals surface area contributed by atoms with Crippen LogP contribution in [0.2, 0.25) is 0 Å². The maximum absolute atomic E-state index is 12.7. The van der Waals surface area contributed by atoms with Crippen molar-refractivity contribution in [2.45, 2.75) is 6.92 Å². The van der Waals surface area contributed by atoms with Crippen LogP contribution < -0.4 is 5.43 Å². The largest absolute Gasteiger partial charge is 0.456 e. The lowest BCUT2D eigenvalue weighted by atomic mass is 10.0. The monoisotopic (exact) mass is 307 g/mol. The van der Waals surface area contributed by atoms with E-state index in [1.54, 1.807) is 36.5 Å². The minimum atomic E-state index is -0.0866. The first-order valence-electron chi connectivity index (χ1n) is 7.32. The van der Waals surface area contributed by atoms with Crippen LogP contribution in [0.1, 0.15) is 12.5 Å². The number of nitrogens with zero attached hydrogens (tertiary/aromatic N) is 1. The van der Waals surface area contributed by atoms with Crippen LogP contribution in [0.15, 0.2) is 57.9 Å². The van der Waals surface area contributed by atoms with Crippen molar-refractivity contribution in [3.8, 4) is 0 Å². The van der Waals surface area contributed by atoms with Crippen molar-refractivity contribution in [3.05, 3.63) is 64.5 Å². The number of carbonyl (C=O) groups excluding carboxylic acids is 1. The van der Waals surface area contributed by atoms with E-state index in [1.165, 1.54) is 6.92 Å². The van der Waals surface area contributed by atoms with Crippen LogP contribution in [0.5, 0.6) is 0 Å². The highest BCUT2D eigenvalue weighted by atomic mass is 16.3. The summed E-state index contributed by atoms with van der Waals surface area (Å²) in [7, 11) is 3.71. The second kappa shape index (κ2) is 5.72. The summed E-state index contributed by atoms with van der Waals surface area (Å²) in [6, 6.07) is 12.4. The van der Waals surface area contributed by atoms with Gasteiger partial charge in [-0.05, 0) is 36.8 Å². The Balaban J connectivity index is 2.30. The molecule has 0 unspecified atom stereocenters. The number of allylic oxidation sites excluding steroid dienone is 1. The van der Waals surface area contributed by atoms with E-state index in [0.717, 1.165) is 0 Å². The summed E-state index contributed by atoms with van der Waals surface area (Å²) < 4.78 is 5.79. The van der Waals surface area contributed by atoms with E-state index in [4.69, 9.17) is 4.42 Å². The van der Waals surface area contributed by atoms with E-state index in [9.17, 15) is 9.59 Å². The van der Waals surface area contributed by atoms with Crippen molar-refractivity contribution in [1.82, 2.24) is 4.90 Å². The number of hydrogen-bond acceptors (Lipinski definition) is 4. The summed E-state index contributed by atoms with van der Waals surface area (Å²) in [6.45, 7) is 1.52. The molecule has 23 heavy (non-hydrogen) atoms. The molecule has 4 heteroatoms. The van der Waals surface area contributed by atoms with Gasteiger partial charge in [-0.3, -0.25) is 9.59 Å². The molecule has 0 saturated carbocycles. The molecule has 2 aromatic carbocycles. The highest BCUT2D eigenvalue weighted by Crippen LogP contribution is 2.23. The molecule has 3 rings (SSSR count). The summed E-state index contributed by atoms with van der Waals surface area (Å²) in [4.78, 5) is 26.4. The Bertz CT molecular complexity index is 996. The van der Waals surface area contributed by atoms with Gasteiger partial charge in [-0.25, -0.2) is 0 Å². The van der Waals surface area contributed by atoms with Gasteiger partial charge >= 0.3 is 0 Å². The summed E-state index contributed by atoms with van der Waals surface area (Å²) in [5.74, 6) is -0.0526. The normalized spacial score (nSPS) is 11.9. The van der Waals surface area contributed by atoms with Gasteiger partial charge < -0.3 is 9.32 Å². The van der Waals surface area contributed by atoms with Gasteiger partial charge in [0.1, 0.15) is 11.2 Å². The summed E-state index contributed by atoms with van der Waals surface area (Å²) >= 11 is 0. The van der Waals surface area contributed by atoms with Gasteiger partial charge in [-0.15, -0.1) is 0 Å². The molecule has 3 aromatic rings. The van der Waals surface area contributed by atoms with Crippen molar-refractivity contribution < 1.29 is 9.21 Å².